The topological polar surface area (TPSA) is 85.0 Å². The van der Waals surface area contributed by atoms with Gasteiger partial charge in [-0.15, -0.1) is 0 Å². The van der Waals surface area contributed by atoms with Crippen LogP contribution in [0, 0.1) is 10.1 Å². The lowest BCUT2D eigenvalue weighted by molar-refractivity contribution is -0.384. The summed E-state index contributed by atoms with van der Waals surface area (Å²) in [6.45, 7) is 3.37. The molecule has 2 aromatic carbocycles. The Morgan fingerprint density at radius 1 is 1.39 bits per heavy atom. The second-order valence-electron chi connectivity index (χ2n) is 6.43. The molecule has 0 aliphatic carbocycles. The summed E-state index contributed by atoms with van der Waals surface area (Å²) in [5.41, 5.74) is 2.63. The highest BCUT2D eigenvalue weighted by Gasteiger charge is 2.27. The Morgan fingerprint density at radius 2 is 2.11 bits per heavy atom. The minimum Gasteiger partial charge on any atom is -0.496 e. The third-order valence-electron chi connectivity index (χ3n) is 4.51. The van der Waals surface area contributed by atoms with Crippen molar-refractivity contribution in [3.63, 3.8) is 0 Å². The fourth-order valence-corrected chi connectivity index (χ4v) is 4.00. The van der Waals surface area contributed by atoms with Gasteiger partial charge in [-0.3, -0.25) is 14.9 Å². The number of rotatable bonds is 3. The number of hydrogen-bond acceptors (Lipinski definition) is 5. The Bertz CT molecular complexity index is 1010. The van der Waals surface area contributed by atoms with Crippen molar-refractivity contribution in [3.8, 4) is 5.75 Å². The molecule has 1 heterocycles. The van der Waals surface area contributed by atoms with Gasteiger partial charge < -0.3 is 4.74 Å². The van der Waals surface area contributed by atoms with Crippen molar-refractivity contribution in [1.82, 2.24) is 5.01 Å². The van der Waals surface area contributed by atoms with Crippen LogP contribution in [0.2, 0.25) is 5.02 Å². The number of benzene rings is 2. The average molecular weight is 467 g/mol. The number of ether oxygens (including phenoxy) is 1. The van der Waals surface area contributed by atoms with E-state index in [1.54, 1.807) is 13.2 Å². The summed E-state index contributed by atoms with van der Waals surface area (Å²) in [4.78, 5) is 22.7. The number of hydrazone groups is 1. The van der Waals surface area contributed by atoms with Gasteiger partial charge in [0.05, 0.1) is 28.3 Å². The van der Waals surface area contributed by atoms with Gasteiger partial charge >= 0.3 is 0 Å². The number of methoxy groups -OCH3 is 1. The molecule has 0 saturated carbocycles. The number of hydrogen-bond donors (Lipinski definition) is 0. The van der Waals surface area contributed by atoms with Gasteiger partial charge in [0.1, 0.15) is 10.8 Å². The Kier molecular flexibility index (Phi) is 5.71. The predicted molar refractivity (Wildman–Crippen MR) is 110 cm³/mol. The van der Waals surface area contributed by atoms with Crippen LogP contribution in [0.3, 0.4) is 0 Å². The van der Waals surface area contributed by atoms with E-state index in [0.717, 1.165) is 15.6 Å². The van der Waals surface area contributed by atoms with Gasteiger partial charge in [-0.1, -0.05) is 11.6 Å². The number of carbonyl (C=O) groups is 1. The van der Waals surface area contributed by atoms with Crippen LogP contribution in [0.4, 0.5) is 5.69 Å². The van der Waals surface area contributed by atoms with Crippen molar-refractivity contribution >= 4 is 44.8 Å². The van der Waals surface area contributed by atoms with Gasteiger partial charge in [0, 0.05) is 24.1 Å². The van der Waals surface area contributed by atoms with Crippen LogP contribution in [-0.4, -0.2) is 34.7 Å². The number of carbonyl (C=O) groups excluding carboxylic acids is 1. The van der Waals surface area contributed by atoms with Crippen LogP contribution >= 0.6 is 27.5 Å². The highest BCUT2D eigenvalue weighted by molar-refractivity contribution is 9.10. The molecule has 0 aromatic heterocycles. The van der Waals surface area contributed by atoms with Crippen LogP contribution in [0.25, 0.3) is 0 Å². The van der Waals surface area contributed by atoms with Crippen molar-refractivity contribution in [2.75, 3.05) is 7.11 Å². The maximum absolute atomic E-state index is 12.2. The second-order valence-corrected chi connectivity index (χ2v) is 7.69. The van der Waals surface area contributed by atoms with Gasteiger partial charge in [-0.05, 0) is 59.1 Å². The standard InChI is InChI=1S/C19H17BrClN3O4/c1-10-6-13-7-15(20)18(28-3)9-14(13)19(22-23(10)11(2)25)12-4-5-17(24(26)27)16(21)8-12/h4-5,7-10H,6H2,1-3H3. The number of nitro groups is 1. The maximum atomic E-state index is 12.2. The van der Waals surface area contributed by atoms with Crippen LogP contribution in [-0.2, 0) is 11.2 Å². The molecule has 146 valence electrons. The van der Waals surface area contributed by atoms with E-state index >= 15 is 0 Å². The van der Waals surface area contributed by atoms with Crippen molar-refractivity contribution in [2.45, 2.75) is 26.3 Å². The first-order chi connectivity index (χ1) is 13.2. The molecule has 1 unspecified atom stereocenters. The van der Waals surface area contributed by atoms with Gasteiger partial charge in [-0.2, -0.15) is 5.10 Å². The minimum atomic E-state index is -0.543. The summed E-state index contributed by atoms with van der Waals surface area (Å²) in [7, 11) is 1.56. The highest BCUT2D eigenvalue weighted by atomic mass is 79.9. The fourth-order valence-electron chi connectivity index (χ4n) is 3.20. The number of nitrogens with zero attached hydrogens (tertiary/aromatic N) is 3. The molecule has 7 nitrogen and oxygen atoms in total. The molecular formula is C19H17BrClN3O4. The molecule has 0 fully saturated rings. The largest absolute Gasteiger partial charge is 0.496 e. The lowest BCUT2D eigenvalue weighted by Crippen LogP contribution is -2.33. The van der Waals surface area contributed by atoms with Crippen LogP contribution in [0.15, 0.2) is 39.9 Å². The van der Waals surface area contributed by atoms with E-state index in [1.165, 1.54) is 24.1 Å². The van der Waals surface area contributed by atoms with E-state index in [1.807, 2.05) is 19.1 Å². The van der Waals surface area contributed by atoms with Crippen LogP contribution in [0.5, 0.6) is 5.75 Å². The molecule has 0 saturated heterocycles. The Balaban J connectivity index is 2.26. The van der Waals surface area contributed by atoms with Gasteiger partial charge in [0.15, 0.2) is 0 Å². The fraction of sp³-hybridized carbons (Fsp3) is 0.263. The van der Waals surface area contributed by atoms with Crippen molar-refractivity contribution in [1.29, 1.82) is 0 Å². The second kappa shape index (κ2) is 7.89. The predicted octanol–water partition coefficient (Wildman–Crippen LogP) is 4.56. The van der Waals surface area contributed by atoms with Crippen molar-refractivity contribution in [3.05, 3.63) is 66.6 Å². The van der Waals surface area contributed by atoms with E-state index in [0.29, 0.717) is 23.4 Å². The molecule has 1 amide bonds. The third kappa shape index (κ3) is 3.74. The van der Waals surface area contributed by atoms with Crippen molar-refractivity contribution < 1.29 is 14.5 Å². The summed E-state index contributed by atoms with van der Waals surface area (Å²) in [6.07, 6.45) is 0.589. The Labute approximate surface area is 175 Å². The van der Waals surface area contributed by atoms with Crippen LogP contribution < -0.4 is 4.74 Å². The maximum Gasteiger partial charge on any atom is 0.287 e. The number of amides is 1. The molecule has 0 spiro atoms. The lowest BCUT2D eigenvalue weighted by atomic mass is 9.94. The first kappa shape index (κ1) is 20.3. The minimum absolute atomic E-state index is 0.00231. The SMILES string of the molecule is COc1cc2c(cc1Br)CC(C)N(C(C)=O)N=C2c1ccc([N+](=O)[O-])c(Cl)c1. The van der Waals surface area contributed by atoms with Crippen molar-refractivity contribution in [2.24, 2.45) is 5.10 Å². The zero-order valence-corrected chi connectivity index (χ0v) is 17.7. The molecule has 2 aromatic rings. The summed E-state index contributed by atoms with van der Waals surface area (Å²) in [5.74, 6) is 0.417. The molecule has 0 radical (unpaired) electrons. The van der Waals surface area contributed by atoms with Gasteiger partial charge in [0.2, 0.25) is 5.91 Å². The zero-order valence-electron chi connectivity index (χ0n) is 15.4. The molecule has 9 heteroatoms. The van der Waals surface area contributed by atoms with Gasteiger partial charge in [0.25, 0.3) is 5.69 Å². The molecule has 1 atom stereocenters. The Morgan fingerprint density at radius 3 is 2.68 bits per heavy atom. The van der Waals surface area contributed by atoms with Crippen LogP contribution in [0.1, 0.15) is 30.5 Å². The summed E-state index contributed by atoms with van der Waals surface area (Å²) >= 11 is 9.61. The normalized spacial score (nSPS) is 16.1. The molecular weight excluding hydrogens is 450 g/mol. The number of nitro benzene ring substituents is 1. The lowest BCUT2D eigenvalue weighted by Gasteiger charge is -2.21. The summed E-state index contributed by atoms with van der Waals surface area (Å²) in [5, 5.41) is 17.1. The average Bonchev–Trinajstić information content (AvgIpc) is 2.76. The number of fused-ring (bicyclic) bond motifs is 1. The zero-order chi connectivity index (χ0) is 20.6. The summed E-state index contributed by atoms with van der Waals surface area (Å²) in [6, 6.07) is 8.02. The molecule has 1 aliphatic rings. The number of halogens is 2. The molecule has 3 rings (SSSR count). The highest BCUT2D eigenvalue weighted by Crippen LogP contribution is 2.34. The Hall–Kier alpha value is -2.45. The quantitative estimate of drug-likeness (QED) is 0.490. The molecule has 1 aliphatic heterocycles. The summed E-state index contributed by atoms with van der Waals surface area (Å²) < 4.78 is 6.20. The monoisotopic (exact) mass is 465 g/mol. The van der Waals surface area contributed by atoms with E-state index in [9.17, 15) is 14.9 Å². The van der Waals surface area contributed by atoms with E-state index < -0.39 is 4.92 Å². The molecule has 0 bridgehead atoms. The third-order valence-corrected chi connectivity index (χ3v) is 5.44. The van der Waals surface area contributed by atoms with Gasteiger partial charge in [-0.25, -0.2) is 5.01 Å². The van der Waals surface area contributed by atoms with E-state index in [-0.39, 0.29) is 22.7 Å². The van der Waals surface area contributed by atoms with E-state index in [4.69, 9.17) is 16.3 Å². The molecule has 28 heavy (non-hydrogen) atoms. The smallest absolute Gasteiger partial charge is 0.287 e. The van der Waals surface area contributed by atoms with E-state index in [2.05, 4.69) is 21.0 Å². The first-order valence-corrected chi connectivity index (χ1v) is 9.59. The molecule has 0 N–H and O–H groups in total. The first-order valence-electron chi connectivity index (χ1n) is 8.42.